The fourth-order valence-corrected chi connectivity index (χ4v) is 2.72. The van der Waals surface area contributed by atoms with Crippen LogP contribution in [-0.2, 0) is 0 Å². The summed E-state index contributed by atoms with van der Waals surface area (Å²) in [5.74, 6) is 0.107. The first kappa shape index (κ1) is 14.6. The largest absolute Gasteiger partial charge is 0.292 e. The van der Waals surface area contributed by atoms with Crippen molar-refractivity contribution in [2.75, 3.05) is 0 Å². The Hall–Kier alpha value is -1.29. The third kappa shape index (κ3) is 2.61. The summed E-state index contributed by atoms with van der Waals surface area (Å²) >= 11 is 18.0. The molecule has 21 heavy (non-hydrogen) atoms. The summed E-state index contributed by atoms with van der Waals surface area (Å²) in [5.41, 5.74) is 1.74. The second kappa shape index (κ2) is 5.48. The van der Waals surface area contributed by atoms with Crippen molar-refractivity contribution in [3.8, 4) is 5.69 Å². The van der Waals surface area contributed by atoms with Crippen molar-refractivity contribution in [1.82, 2.24) is 9.55 Å². The van der Waals surface area contributed by atoms with Crippen molar-refractivity contribution in [2.45, 2.75) is 12.3 Å². The molecule has 0 spiro atoms. The Morgan fingerprint density at radius 1 is 1.10 bits per heavy atom. The van der Waals surface area contributed by atoms with Gasteiger partial charge in [0.2, 0.25) is 0 Å². The van der Waals surface area contributed by atoms with E-state index >= 15 is 0 Å². The standard InChI is InChI=1S/C15H10Cl3FN2/c1-8(16)15-20-12-4-2-10(18)7-14(12)21(15)13-5-3-9(17)6-11(13)19/h2-8H,1H3. The lowest BCUT2D eigenvalue weighted by atomic mass is 10.2. The van der Waals surface area contributed by atoms with Gasteiger partial charge in [-0.1, -0.05) is 23.2 Å². The van der Waals surface area contributed by atoms with Gasteiger partial charge in [-0.25, -0.2) is 9.37 Å². The molecular formula is C15H10Cl3FN2. The minimum absolute atomic E-state index is 0.333. The van der Waals surface area contributed by atoms with Gasteiger partial charge in [-0.05, 0) is 43.3 Å². The third-order valence-electron chi connectivity index (χ3n) is 3.15. The number of hydrogen-bond donors (Lipinski definition) is 0. The fraction of sp³-hybridized carbons (Fsp3) is 0.133. The Morgan fingerprint density at radius 3 is 2.43 bits per heavy atom. The molecule has 2 aromatic carbocycles. The van der Waals surface area contributed by atoms with Gasteiger partial charge in [0.1, 0.15) is 11.6 Å². The molecule has 1 aromatic heterocycles. The highest BCUT2D eigenvalue weighted by Gasteiger charge is 2.19. The zero-order valence-electron chi connectivity index (χ0n) is 10.9. The van der Waals surface area contributed by atoms with E-state index < -0.39 is 5.82 Å². The minimum atomic E-state index is -0.444. The normalized spacial score (nSPS) is 12.8. The average molecular weight is 344 g/mol. The van der Waals surface area contributed by atoms with Crippen LogP contribution in [-0.4, -0.2) is 9.55 Å². The first-order valence-corrected chi connectivity index (χ1v) is 7.44. The maximum absolute atomic E-state index is 14.3. The van der Waals surface area contributed by atoms with Crippen molar-refractivity contribution >= 4 is 45.8 Å². The van der Waals surface area contributed by atoms with E-state index in [9.17, 15) is 4.39 Å². The summed E-state index contributed by atoms with van der Waals surface area (Å²) in [4.78, 5) is 4.47. The molecule has 0 aliphatic heterocycles. The second-order valence-corrected chi connectivity index (χ2v) is 6.18. The maximum Gasteiger partial charge on any atom is 0.148 e. The van der Waals surface area contributed by atoms with Crippen LogP contribution in [0.25, 0.3) is 16.7 Å². The van der Waals surface area contributed by atoms with E-state index in [1.54, 1.807) is 41.8 Å². The van der Waals surface area contributed by atoms with Crippen LogP contribution in [0.15, 0.2) is 36.4 Å². The molecule has 0 saturated heterocycles. The number of alkyl halides is 1. The Balaban J connectivity index is 2.38. The molecule has 0 amide bonds. The summed E-state index contributed by atoms with van der Waals surface area (Å²) in [6.45, 7) is 1.79. The van der Waals surface area contributed by atoms with Crippen LogP contribution in [0, 0.1) is 5.82 Å². The molecule has 108 valence electrons. The van der Waals surface area contributed by atoms with E-state index in [4.69, 9.17) is 34.8 Å². The summed E-state index contributed by atoms with van der Waals surface area (Å²) in [6.07, 6.45) is 0. The minimum Gasteiger partial charge on any atom is -0.292 e. The molecule has 0 N–H and O–H groups in total. The van der Waals surface area contributed by atoms with Crippen LogP contribution in [0.1, 0.15) is 18.1 Å². The van der Waals surface area contributed by atoms with Crippen molar-refractivity contribution in [3.05, 3.63) is 58.1 Å². The first-order chi connectivity index (χ1) is 9.97. The molecular weight excluding hydrogens is 334 g/mol. The van der Waals surface area contributed by atoms with E-state index in [1.807, 2.05) is 0 Å². The number of imidazole rings is 1. The van der Waals surface area contributed by atoms with Gasteiger partial charge in [0.25, 0.3) is 0 Å². The lowest BCUT2D eigenvalue weighted by molar-refractivity contribution is 0.616. The number of nitrogens with zero attached hydrogens (tertiary/aromatic N) is 2. The quantitative estimate of drug-likeness (QED) is 0.540. The maximum atomic E-state index is 14.3. The number of rotatable bonds is 2. The summed E-state index contributed by atoms with van der Waals surface area (Å²) in [7, 11) is 0. The Labute approximate surface area is 136 Å². The van der Waals surface area contributed by atoms with Gasteiger partial charge in [0.15, 0.2) is 0 Å². The number of fused-ring (bicyclic) bond motifs is 1. The molecule has 0 aliphatic rings. The highest BCUT2D eigenvalue weighted by molar-refractivity contribution is 6.31. The van der Waals surface area contributed by atoms with Gasteiger partial charge < -0.3 is 0 Å². The van der Waals surface area contributed by atoms with Gasteiger partial charge in [-0.15, -0.1) is 11.6 Å². The van der Waals surface area contributed by atoms with Gasteiger partial charge in [0, 0.05) is 10.0 Å². The van der Waals surface area contributed by atoms with E-state index in [1.165, 1.54) is 6.07 Å². The van der Waals surface area contributed by atoms with E-state index in [-0.39, 0.29) is 5.38 Å². The zero-order chi connectivity index (χ0) is 15.1. The molecule has 1 heterocycles. The van der Waals surface area contributed by atoms with Crippen LogP contribution in [0.3, 0.4) is 0 Å². The van der Waals surface area contributed by atoms with Crippen molar-refractivity contribution in [2.24, 2.45) is 0 Å². The third-order valence-corrected chi connectivity index (χ3v) is 3.81. The van der Waals surface area contributed by atoms with Crippen LogP contribution in [0.5, 0.6) is 0 Å². The van der Waals surface area contributed by atoms with E-state index in [0.717, 1.165) is 0 Å². The van der Waals surface area contributed by atoms with E-state index in [0.29, 0.717) is 32.6 Å². The zero-order valence-corrected chi connectivity index (χ0v) is 13.2. The Bertz CT molecular complexity index is 827. The lowest BCUT2D eigenvalue weighted by Gasteiger charge is -2.12. The smallest absolute Gasteiger partial charge is 0.148 e. The molecule has 0 aliphatic carbocycles. The average Bonchev–Trinajstić information content (AvgIpc) is 2.77. The molecule has 1 unspecified atom stereocenters. The molecule has 0 saturated carbocycles. The number of aromatic nitrogens is 2. The topological polar surface area (TPSA) is 17.8 Å². The molecule has 3 rings (SSSR count). The van der Waals surface area contributed by atoms with Crippen molar-refractivity contribution < 1.29 is 4.39 Å². The van der Waals surface area contributed by atoms with Crippen LogP contribution >= 0.6 is 34.8 Å². The molecule has 0 radical (unpaired) electrons. The molecule has 3 aromatic rings. The van der Waals surface area contributed by atoms with Crippen LogP contribution < -0.4 is 0 Å². The monoisotopic (exact) mass is 342 g/mol. The van der Waals surface area contributed by atoms with Gasteiger partial charge in [0.05, 0.1) is 22.1 Å². The molecule has 0 fully saturated rings. The highest BCUT2D eigenvalue weighted by Crippen LogP contribution is 2.31. The van der Waals surface area contributed by atoms with Gasteiger partial charge >= 0.3 is 0 Å². The number of hydrogen-bond acceptors (Lipinski definition) is 1. The SMILES string of the molecule is CC(Cl)c1nc2ccc(Cl)cc2n1-c1ccc(Cl)cc1F. The number of halogens is 4. The predicted octanol–water partition coefficient (Wildman–Crippen LogP) is 5.77. The number of benzene rings is 2. The second-order valence-electron chi connectivity index (χ2n) is 4.65. The Kier molecular flexibility index (Phi) is 3.82. The summed E-state index contributed by atoms with van der Waals surface area (Å²) in [6, 6.07) is 9.74. The lowest BCUT2D eigenvalue weighted by Crippen LogP contribution is -2.04. The summed E-state index contributed by atoms with van der Waals surface area (Å²) < 4.78 is 15.9. The Morgan fingerprint density at radius 2 is 1.76 bits per heavy atom. The highest BCUT2D eigenvalue weighted by atomic mass is 35.5. The van der Waals surface area contributed by atoms with Crippen molar-refractivity contribution in [1.29, 1.82) is 0 Å². The van der Waals surface area contributed by atoms with Crippen LogP contribution in [0.2, 0.25) is 10.0 Å². The fourth-order valence-electron chi connectivity index (χ4n) is 2.25. The van der Waals surface area contributed by atoms with Crippen LogP contribution in [0.4, 0.5) is 4.39 Å². The van der Waals surface area contributed by atoms with Gasteiger partial charge in [-0.2, -0.15) is 0 Å². The van der Waals surface area contributed by atoms with Gasteiger partial charge in [-0.3, -0.25) is 4.57 Å². The summed E-state index contributed by atoms with van der Waals surface area (Å²) in [5, 5.41) is 0.497. The van der Waals surface area contributed by atoms with E-state index in [2.05, 4.69) is 4.98 Å². The molecule has 0 bridgehead atoms. The molecule has 1 atom stereocenters. The predicted molar refractivity (Wildman–Crippen MR) is 85.3 cm³/mol. The molecule has 2 nitrogen and oxygen atoms in total. The molecule has 6 heteroatoms. The first-order valence-electron chi connectivity index (χ1n) is 6.25. The van der Waals surface area contributed by atoms with Crippen molar-refractivity contribution in [3.63, 3.8) is 0 Å².